The Labute approximate surface area is 122 Å². The van der Waals surface area contributed by atoms with E-state index in [-0.39, 0.29) is 11.7 Å². The molecule has 21 heavy (non-hydrogen) atoms. The van der Waals surface area contributed by atoms with Crippen LogP contribution in [0.1, 0.15) is 28.4 Å². The van der Waals surface area contributed by atoms with E-state index in [9.17, 15) is 9.59 Å². The molecule has 0 saturated heterocycles. The van der Waals surface area contributed by atoms with Gasteiger partial charge in [-0.2, -0.15) is 0 Å². The SMILES string of the molecule is Cc1ccccc1C(=O)c1ccc2c(c1)NC(=O)C(C)O2. The minimum atomic E-state index is -0.518. The number of aryl methyl sites for hydroxylation is 1. The number of amides is 1. The fraction of sp³-hybridized carbons (Fsp3) is 0.176. The Morgan fingerprint density at radius 2 is 1.95 bits per heavy atom. The molecule has 0 bridgehead atoms. The molecule has 3 rings (SSSR count). The maximum atomic E-state index is 12.5. The van der Waals surface area contributed by atoms with Crippen molar-refractivity contribution in [1.29, 1.82) is 0 Å². The van der Waals surface area contributed by atoms with E-state index in [0.717, 1.165) is 5.56 Å². The minimum Gasteiger partial charge on any atom is -0.479 e. The van der Waals surface area contributed by atoms with Gasteiger partial charge in [-0.15, -0.1) is 0 Å². The highest BCUT2D eigenvalue weighted by molar-refractivity contribution is 6.11. The number of hydrogen-bond donors (Lipinski definition) is 1. The van der Waals surface area contributed by atoms with E-state index in [4.69, 9.17) is 4.74 Å². The van der Waals surface area contributed by atoms with Crippen LogP contribution in [0.25, 0.3) is 0 Å². The predicted octanol–water partition coefficient (Wildman–Crippen LogP) is 2.95. The molecule has 1 amide bonds. The van der Waals surface area contributed by atoms with Crippen molar-refractivity contribution in [2.45, 2.75) is 20.0 Å². The highest BCUT2D eigenvalue weighted by Gasteiger charge is 2.24. The van der Waals surface area contributed by atoms with Crippen molar-refractivity contribution in [3.05, 3.63) is 59.2 Å². The van der Waals surface area contributed by atoms with E-state index in [0.29, 0.717) is 22.6 Å². The van der Waals surface area contributed by atoms with Crippen molar-refractivity contribution >= 4 is 17.4 Å². The lowest BCUT2D eigenvalue weighted by molar-refractivity contribution is -0.122. The molecule has 4 heteroatoms. The fourth-order valence-electron chi connectivity index (χ4n) is 2.33. The van der Waals surface area contributed by atoms with E-state index >= 15 is 0 Å². The van der Waals surface area contributed by atoms with Crippen LogP contribution < -0.4 is 10.1 Å². The monoisotopic (exact) mass is 281 g/mol. The number of benzene rings is 2. The molecule has 0 aliphatic carbocycles. The second-order valence-electron chi connectivity index (χ2n) is 5.10. The third-order valence-corrected chi connectivity index (χ3v) is 3.56. The maximum absolute atomic E-state index is 12.5. The van der Waals surface area contributed by atoms with Gasteiger partial charge in [0, 0.05) is 11.1 Å². The molecule has 0 aromatic heterocycles. The minimum absolute atomic E-state index is 0.0660. The largest absolute Gasteiger partial charge is 0.479 e. The Bertz CT molecular complexity index is 737. The molecule has 1 aliphatic heterocycles. The Kier molecular flexibility index (Phi) is 3.22. The van der Waals surface area contributed by atoms with E-state index in [1.807, 2.05) is 25.1 Å². The van der Waals surface area contributed by atoms with Gasteiger partial charge in [0.2, 0.25) is 0 Å². The van der Waals surface area contributed by atoms with Gasteiger partial charge in [0.15, 0.2) is 11.9 Å². The molecule has 0 fully saturated rings. The highest BCUT2D eigenvalue weighted by Crippen LogP contribution is 2.31. The molecule has 2 aromatic carbocycles. The first-order valence-electron chi connectivity index (χ1n) is 6.78. The van der Waals surface area contributed by atoms with Crippen LogP contribution in [0.4, 0.5) is 5.69 Å². The van der Waals surface area contributed by atoms with Crippen molar-refractivity contribution in [3.8, 4) is 5.75 Å². The van der Waals surface area contributed by atoms with Gasteiger partial charge in [-0.1, -0.05) is 24.3 Å². The van der Waals surface area contributed by atoms with Crippen LogP contribution in [0.2, 0.25) is 0 Å². The van der Waals surface area contributed by atoms with Gasteiger partial charge in [-0.25, -0.2) is 0 Å². The zero-order chi connectivity index (χ0) is 15.0. The molecule has 1 unspecified atom stereocenters. The number of carbonyl (C=O) groups is 2. The van der Waals surface area contributed by atoms with Crippen molar-refractivity contribution in [2.24, 2.45) is 0 Å². The molecule has 0 radical (unpaired) electrons. The topological polar surface area (TPSA) is 55.4 Å². The zero-order valence-electron chi connectivity index (χ0n) is 11.8. The fourth-order valence-corrected chi connectivity index (χ4v) is 2.33. The highest BCUT2D eigenvalue weighted by atomic mass is 16.5. The van der Waals surface area contributed by atoms with Gasteiger partial charge < -0.3 is 10.1 Å². The lowest BCUT2D eigenvalue weighted by Crippen LogP contribution is -2.34. The third-order valence-electron chi connectivity index (χ3n) is 3.56. The summed E-state index contributed by atoms with van der Waals surface area (Å²) in [5.41, 5.74) is 2.65. The van der Waals surface area contributed by atoms with E-state index in [1.54, 1.807) is 31.2 Å². The van der Waals surface area contributed by atoms with E-state index in [1.165, 1.54) is 0 Å². The molecule has 1 aliphatic rings. The predicted molar refractivity (Wildman–Crippen MR) is 79.8 cm³/mol. The van der Waals surface area contributed by atoms with Crippen molar-refractivity contribution < 1.29 is 14.3 Å². The maximum Gasteiger partial charge on any atom is 0.265 e. The quantitative estimate of drug-likeness (QED) is 0.861. The van der Waals surface area contributed by atoms with E-state index < -0.39 is 6.10 Å². The first-order chi connectivity index (χ1) is 10.1. The first kappa shape index (κ1) is 13.4. The Hall–Kier alpha value is -2.62. The normalized spacial score (nSPS) is 16.7. The Morgan fingerprint density at radius 3 is 2.71 bits per heavy atom. The molecule has 0 spiro atoms. The summed E-state index contributed by atoms with van der Waals surface area (Å²) >= 11 is 0. The summed E-state index contributed by atoms with van der Waals surface area (Å²) in [6.45, 7) is 3.59. The molecule has 1 heterocycles. The molecule has 1 atom stereocenters. The van der Waals surface area contributed by atoms with Crippen LogP contribution >= 0.6 is 0 Å². The molecular formula is C17H15NO3. The van der Waals surface area contributed by atoms with Gasteiger partial charge in [0.1, 0.15) is 5.75 Å². The van der Waals surface area contributed by atoms with Crippen LogP contribution in [-0.2, 0) is 4.79 Å². The number of carbonyl (C=O) groups excluding carboxylic acids is 2. The molecule has 4 nitrogen and oxygen atoms in total. The van der Waals surface area contributed by atoms with Crippen LogP contribution in [0.5, 0.6) is 5.75 Å². The molecule has 2 aromatic rings. The van der Waals surface area contributed by atoms with Crippen LogP contribution in [-0.4, -0.2) is 17.8 Å². The average Bonchev–Trinajstić information content (AvgIpc) is 2.48. The standard InChI is InChI=1S/C17H15NO3/c1-10-5-3-4-6-13(10)16(19)12-7-8-15-14(9-12)18-17(20)11(2)21-15/h3-9,11H,1-2H3,(H,18,20). The summed E-state index contributed by atoms with van der Waals surface area (Å²) in [4.78, 5) is 24.2. The number of hydrogen-bond acceptors (Lipinski definition) is 3. The number of ketones is 1. The zero-order valence-corrected chi connectivity index (χ0v) is 11.8. The number of nitrogens with one attached hydrogen (secondary N) is 1. The van der Waals surface area contributed by atoms with Crippen LogP contribution in [0.3, 0.4) is 0 Å². The molecule has 0 saturated carbocycles. The number of anilines is 1. The van der Waals surface area contributed by atoms with Gasteiger partial charge >= 0.3 is 0 Å². The van der Waals surface area contributed by atoms with Gasteiger partial charge in [-0.3, -0.25) is 9.59 Å². The summed E-state index contributed by atoms with van der Waals surface area (Å²) in [6.07, 6.45) is -0.518. The van der Waals surface area contributed by atoms with Crippen molar-refractivity contribution in [3.63, 3.8) is 0 Å². The van der Waals surface area contributed by atoms with Crippen molar-refractivity contribution in [2.75, 3.05) is 5.32 Å². The average molecular weight is 281 g/mol. The summed E-state index contributed by atoms with van der Waals surface area (Å²) in [5.74, 6) is 0.315. The lowest BCUT2D eigenvalue weighted by Gasteiger charge is -2.23. The number of rotatable bonds is 2. The molecule has 1 N–H and O–H groups in total. The lowest BCUT2D eigenvalue weighted by atomic mass is 9.98. The summed E-state index contributed by atoms with van der Waals surface area (Å²) in [7, 11) is 0. The second kappa shape index (κ2) is 5.05. The third kappa shape index (κ3) is 2.40. The summed E-state index contributed by atoms with van der Waals surface area (Å²) in [5, 5.41) is 2.75. The molecule has 106 valence electrons. The Morgan fingerprint density at radius 1 is 1.19 bits per heavy atom. The van der Waals surface area contributed by atoms with Gasteiger partial charge in [0.05, 0.1) is 5.69 Å². The van der Waals surface area contributed by atoms with E-state index in [2.05, 4.69) is 5.32 Å². The first-order valence-corrected chi connectivity index (χ1v) is 6.78. The summed E-state index contributed by atoms with van der Waals surface area (Å²) < 4.78 is 5.48. The summed E-state index contributed by atoms with van der Waals surface area (Å²) in [6, 6.07) is 12.5. The van der Waals surface area contributed by atoms with Crippen LogP contribution in [0, 0.1) is 6.92 Å². The van der Waals surface area contributed by atoms with Gasteiger partial charge in [-0.05, 0) is 37.6 Å². The van der Waals surface area contributed by atoms with Gasteiger partial charge in [0.25, 0.3) is 5.91 Å². The smallest absolute Gasteiger partial charge is 0.265 e. The molecular weight excluding hydrogens is 266 g/mol. The van der Waals surface area contributed by atoms with Crippen molar-refractivity contribution in [1.82, 2.24) is 0 Å². The number of fused-ring (bicyclic) bond motifs is 1. The Balaban J connectivity index is 1.98. The van der Waals surface area contributed by atoms with Crippen LogP contribution in [0.15, 0.2) is 42.5 Å². The second-order valence-corrected chi connectivity index (χ2v) is 5.10. The number of ether oxygens (including phenoxy) is 1.